The minimum atomic E-state index is -0.907. The third-order valence-corrected chi connectivity index (χ3v) is 3.37. The zero-order chi connectivity index (χ0) is 13.2. The Morgan fingerprint density at radius 2 is 2.00 bits per heavy atom. The van der Waals surface area contributed by atoms with Gasteiger partial charge in [-0.1, -0.05) is 18.2 Å². The number of piperazine rings is 1. The first kappa shape index (κ1) is 11.9. The third-order valence-electron chi connectivity index (χ3n) is 3.37. The van der Waals surface area contributed by atoms with E-state index < -0.39 is 5.97 Å². The van der Waals surface area contributed by atoms with Crippen molar-refractivity contribution in [3.05, 3.63) is 35.9 Å². The van der Waals surface area contributed by atoms with E-state index in [4.69, 9.17) is 0 Å². The normalized spacial score (nSPS) is 15.7. The average molecular weight is 257 g/mol. The number of aromatic nitrogens is 1. The highest BCUT2D eigenvalue weighted by atomic mass is 16.4. The van der Waals surface area contributed by atoms with E-state index in [1.807, 2.05) is 18.2 Å². The number of fused-ring (bicyclic) bond motifs is 1. The molecule has 1 aliphatic heterocycles. The summed E-state index contributed by atoms with van der Waals surface area (Å²) in [6.07, 6.45) is 0. The Morgan fingerprint density at radius 1 is 1.26 bits per heavy atom. The molecule has 2 heterocycles. The van der Waals surface area contributed by atoms with Gasteiger partial charge >= 0.3 is 5.97 Å². The number of carboxylic acid groups (broad SMARTS) is 1. The second-order valence-electron chi connectivity index (χ2n) is 4.59. The number of carboxylic acids is 1. The standard InChI is InChI=1S/C14H15N3O2/c18-14(19)11-9-13(17-7-5-15-6-8-17)16-12-4-2-1-3-10(11)12/h1-4,9,15H,5-8H2,(H,18,19). The number of hydrogen-bond donors (Lipinski definition) is 2. The van der Waals surface area contributed by atoms with Crippen LogP contribution in [0.25, 0.3) is 10.9 Å². The van der Waals surface area contributed by atoms with E-state index in [0.29, 0.717) is 10.9 Å². The molecule has 1 fully saturated rings. The van der Waals surface area contributed by atoms with Crippen molar-refractivity contribution in [2.75, 3.05) is 31.1 Å². The van der Waals surface area contributed by atoms with Crippen LogP contribution in [0, 0.1) is 0 Å². The van der Waals surface area contributed by atoms with Gasteiger partial charge in [-0.25, -0.2) is 9.78 Å². The van der Waals surface area contributed by atoms with Gasteiger partial charge in [-0.05, 0) is 12.1 Å². The smallest absolute Gasteiger partial charge is 0.336 e. The molecule has 0 atom stereocenters. The first-order valence-corrected chi connectivity index (χ1v) is 6.34. The molecule has 1 aliphatic rings. The molecule has 5 heteroatoms. The molecule has 0 saturated carbocycles. The van der Waals surface area contributed by atoms with Gasteiger partial charge in [-0.15, -0.1) is 0 Å². The highest BCUT2D eigenvalue weighted by molar-refractivity contribution is 6.03. The van der Waals surface area contributed by atoms with Crippen LogP contribution in [-0.2, 0) is 0 Å². The van der Waals surface area contributed by atoms with Crippen LogP contribution in [0.3, 0.4) is 0 Å². The van der Waals surface area contributed by atoms with Crippen LogP contribution < -0.4 is 10.2 Å². The van der Waals surface area contributed by atoms with E-state index in [-0.39, 0.29) is 0 Å². The van der Waals surface area contributed by atoms with E-state index >= 15 is 0 Å². The van der Waals surface area contributed by atoms with Crippen molar-refractivity contribution in [3.8, 4) is 0 Å². The van der Waals surface area contributed by atoms with Crippen LogP contribution in [0.5, 0.6) is 0 Å². The summed E-state index contributed by atoms with van der Waals surface area (Å²) in [6, 6.07) is 9.04. The van der Waals surface area contributed by atoms with E-state index in [1.165, 1.54) is 0 Å². The van der Waals surface area contributed by atoms with Gasteiger partial charge in [0.1, 0.15) is 5.82 Å². The molecule has 0 radical (unpaired) electrons. The van der Waals surface area contributed by atoms with Crippen molar-refractivity contribution < 1.29 is 9.90 Å². The summed E-state index contributed by atoms with van der Waals surface area (Å²) in [7, 11) is 0. The SMILES string of the molecule is O=C(O)c1cc(N2CCNCC2)nc2ccccc12. The Labute approximate surface area is 110 Å². The van der Waals surface area contributed by atoms with Crippen LogP contribution in [0.2, 0.25) is 0 Å². The Hall–Kier alpha value is -2.14. The fourth-order valence-corrected chi connectivity index (χ4v) is 2.39. The van der Waals surface area contributed by atoms with Crippen LogP contribution in [0.1, 0.15) is 10.4 Å². The molecule has 0 amide bonds. The number of para-hydroxylation sites is 1. The summed E-state index contributed by atoms with van der Waals surface area (Å²) in [4.78, 5) is 18.1. The van der Waals surface area contributed by atoms with Gasteiger partial charge in [0.15, 0.2) is 0 Å². The van der Waals surface area contributed by atoms with E-state index in [9.17, 15) is 9.90 Å². The second-order valence-corrected chi connectivity index (χ2v) is 4.59. The predicted octanol–water partition coefficient (Wildman–Crippen LogP) is 1.34. The summed E-state index contributed by atoms with van der Waals surface area (Å²) in [5, 5.41) is 13.3. The van der Waals surface area contributed by atoms with Crippen molar-refractivity contribution in [1.29, 1.82) is 0 Å². The van der Waals surface area contributed by atoms with Gasteiger partial charge in [-0.2, -0.15) is 0 Å². The van der Waals surface area contributed by atoms with Crippen molar-refractivity contribution in [3.63, 3.8) is 0 Å². The molecule has 2 N–H and O–H groups in total. The Kier molecular flexibility index (Phi) is 3.05. The fourth-order valence-electron chi connectivity index (χ4n) is 2.39. The first-order valence-electron chi connectivity index (χ1n) is 6.34. The number of nitrogens with one attached hydrogen (secondary N) is 1. The Bertz CT molecular complexity index is 621. The first-order chi connectivity index (χ1) is 9.25. The summed E-state index contributed by atoms with van der Waals surface area (Å²) >= 11 is 0. The molecule has 3 rings (SSSR count). The van der Waals surface area contributed by atoms with Crippen LogP contribution in [0.15, 0.2) is 30.3 Å². The van der Waals surface area contributed by atoms with Crippen molar-refractivity contribution >= 4 is 22.7 Å². The van der Waals surface area contributed by atoms with E-state index in [0.717, 1.165) is 37.5 Å². The summed E-state index contributed by atoms with van der Waals surface area (Å²) in [5.74, 6) is -0.160. The number of pyridine rings is 1. The van der Waals surface area contributed by atoms with Gasteiger partial charge in [0, 0.05) is 31.6 Å². The monoisotopic (exact) mass is 257 g/mol. The quantitative estimate of drug-likeness (QED) is 0.850. The lowest BCUT2D eigenvalue weighted by molar-refractivity contribution is 0.0699. The predicted molar refractivity (Wildman–Crippen MR) is 73.8 cm³/mol. The maximum Gasteiger partial charge on any atom is 0.336 e. The van der Waals surface area contributed by atoms with Crippen LogP contribution >= 0.6 is 0 Å². The van der Waals surface area contributed by atoms with Crippen molar-refractivity contribution in [2.45, 2.75) is 0 Å². The molecule has 1 aromatic carbocycles. The van der Waals surface area contributed by atoms with Crippen LogP contribution in [-0.4, -0.2) is 42.2 Å². The number of anilines is 1. The second kappa shape index (κ2) is 4.85. The van der Waals surface area contributed by atoms with Gasteiger partial charge in [-0.3, -0.25) is 0 Å². The lowest BCUT2D eigenvalue weighted by atomic mass is 10.1. The number of benzene rings is 1. The summed E-state index contributed by atoms with van der Waals surface area (Å²) in [6.45, 7) is 3.50. The molecular formula is C14H15N3O2. The zero-order valence-electron chi connectivity index (χ0n) is 10.5. The molecular weight excluding hydrogens is 242 g/mol. The van der Waals surface area contributed by atoms with Crippen LogP contribution in [0.4, 0.5) is 5.82 Å². The molecule has 5 nitrogen and oxygen atoms in total. The molecule has 2 aromatic rings. The number of aromatic carboxylic acids is 1. The summed E-state index contributed by atoms with van der Waals surface area (Å²) in [5.41, 5.74) is 1.05. The topological polar surface area (TPSA) is 65.5 Å². The molecule has 0 aliphatic carbocycles. The minimum Gasteiger partial charge on any atom is -0.478 e. The highest BCUT2D eigenvalue weighted by Crippen LogP contribution is 2.23. The zero-order valence-corrected chi connectivity index (χ0v) is 10.5. The fraction of sp³-hybridized carbons (Fsp3) is 0.286. The molecule has 0 bridgehead atoms. The molecule has 0 spiro atoms. The average Bonchev–Trinajstić information content (AvgIpc) is 2.47. The summed E-state index contributed by atoms with van der Waals surface area (Å²) < 4.78 is 0. The third kappa shape index (κ3) is 2.24. The maximum absolute atomic E-state index is 11.4. The molecule has 98 valence electrons. The minimum absolute atomic E-state index is 0.319. The van der Waals surface area contributed by atoms with Gasteiger partial charge in [0.05, 0.1) is 11.1 Å². The van der Waals surface area contributed by atoms with Crippen molar-refractivity contribution in [2.24, 2.45) is 0 Å². The van der Waals surface area contributed by atoms with E-state index in [2.05, 4.69) is 15.2 Å². The lowest BCUT2D eigenvalue weighted by Crippen LogP contribution is -2.44. The number of hydrogen-bond acceptors (Lipinski definition) is 4. The van der Waals surface area contributed by atoms with E-state index in [1.54, 1.807) is 12.1 Å². The molecule has 1 aromatic heterocycles. The van der Waals surface area contributed by atoms with Crippen molar-refractivity contribution in [1.82, 2.24) is 10.3 Å². The van der Waals surface area contributed by atoms with Gasteiger partial charge < -0.3 is 15.3 Å². The molecule has 0 unspecified atom stereocenters. The molecule has 19 heavy (non-hydrogen) atoms. The Morgan fingerprint density at radius 3 is 2.74 bits per heavy atom. The number of nitrogens with zero attached hydrogens (tertiary/aromatic N) is 2. The Balaban J connectivity index is 2.12. The largest absolute Gasteiger partial charge is 0.478 e. The number of rotatable bonds is 2. The number of carbonyl (C=O) groups is 1. The maximum atomic E-state index is 11.4. The highest BCUT2D eigenvalue weighted by Gasteiger charge is 2.16. The van der Waals surface area contributed by atoms with Gasteiger partial charge in [0.25, 0.3) is 0 Å². The lowest BCUT2D eigenvalue weighted by Gasteiger charge is -2.28. The van der Waals surface area contributed by atoms with Gasteiger partial charge in [0.2, 0.25) is 0 Å². The molecule has 1 saturated heterocycles.